The topological polar surface area (TPSA) is 40.5 Å². The smallest absolute Gasteiger partial charge is 0.0653 e. The summed E-state index contributed by atoms with van der Waals surface area (Å²) < 4.78 is 0. The van der Waals surface area contributed by atoms with Crippen LogP contribution in [0, 0.1) is 45.3 Å². The van der Waals surface area contributed by atoms with E-state index in [9.17, 15) is 10.2 Å². The lowest BCUT2D eigenvalue weighted by atomic mass is 9.35. The molecular weight excluding hydrogens is 392 g/mol. The van der Waals surface area contributed by atoms with Gasteiger partial charge in [0.1, 0.15) is 0 Å². The van der Waals surface area contributed by atoms with E-state index in [1.54, 1.807) is 0 Å². The normalized spacial score (nSPS) is 49.4. The second kappa shape index (κ2) is 7.84. The van der Waals surface area contributed by atoms with Gasteiger partial charge in [-0.05, 0) is 130 Å². The fraction of sp³-hybridized carbons (Fsp3) is 0.933. The van der Waals surface area contributed by atoms with Gasteiger partial charge in [-0.2, -0.15) is 0 Å². The van der Waals surface area contributed by atoms with E-state index in [2.05, 4.69) is 61.5 Å². The molecule has 0 amide bonds. The van der Waals surface area contributed by atoms with Crippen LogP contribution in [0.4, 0.5) is 0 Å². The third kappa shape index (κ3) is 3.40. The largest absolute Gasteiger partial charge is 0.393 e. The summed E-state index contributed by atoms with van der Waals surface area (Å²) in [6.07, 6.45) is 13.8. The molecule has 0 aromatic rings. The van der Waals surface area contributed by atoms with Crippen LogP contribution in [0.3, 0.4) is 0 Å². The molecule has 0 saturated heterocycles. The van der Waals surface area contributed by atoms with E-state index in [0.29, 0.717) is 34.0 Å². The average molecular weight is 445 g/mol. The molecule has 32 heavy (non-hydrogen) atoms. The van der Waals surface area contributed by atoms with E-state index < -0.39 is 5.60 Å². The fourth-order valence-corrected chi connectivity index (χ4v) is 10.3. The van der Waals surface area contributed by atoms with E-state index in [0.717, 1.165) is 25.2 Å². The molecule has 0 aromatic carbocycles. The lowest BCUT2D eigenvalue weighted by Crippen LogP contribution is -2.64. The van der Waals surface area contributed by atoms with Gasteiger partial charge in [-0.15, -0.1) is 0 Å². The van der Waals surface area contributed by atoms with Crippen molar-refractivity contribution >= 4 is 0 Å². The van der Waals surface area contributed by atoms with Crippen molar-refractivity contribution in [3.8, 4) is 0 Å². The monoisotopic (exact) mass is 444 g/mol. The van der Waals surface area contributed by atoms with Crippen LogP contribution in [-0.2, 0) is 0 Å². The first-order valence-electron chi connectivity index (χ1n) is 13.7. The van der Waals surface area contributed by atoms with Crippen molar-refractivity contribution in [3.05, 3.63) is 11.6 Å². The van der Waals surface area contributed by atoms with E-state index in [-0.39, 0.29) is 11.5 Å². The van der Waals surface area contributed by atoms with E-state index >= 15 is 0 Å². The van der Waals surface area contributed by atoms with Gasteiger partial charge in [0.05, 0.1) is 11.7 Å². The molecule has 184 valence electrons. The first-order valence-corrected chi connectivity index (χ1v) is 13.7. The number of fused-ring (bicyclic) bond motifs is 5. The molecular formula is C30H52O2. The SMILES string of the molecule is CC(C)=CCCC(C)(O)C1CC[C@]2(C)C1CCC1[C@@]3(C)CCC(O)C(C)(C)C3CC[C@]12C. The van der Waals surface area contributed by atoms with Crippen molar-refractivity contribution in [3.63, 3.8) is 0 Å². The van der Waals surface area contributed by atoms with Crippen LogP contribution < -0.4 is 0 Å². The summed E-state index contributed by atoms with van der Waals surface area (Å²) in [5.41, 5.74) is 1.84. The Balaban J connectivity index is 1.61. The zero-order valence-electron chi connectivity index (χ0n) is 22.4. The Bertz CT molecular complexity index is 746. The maximum atomic E-state index is 11.6. The van der Waals surface area contributed by atoms with Gasteiger partial charge in [-0.1, -0.05) is 46.3 Å². The third-order valence-corrected chi connectivity index (χ3v) is 12.4. The summed E-state index contributed by atoms with van der Waals surface area (Å²) in [5, 5.41) is 22.5. The quantitative estimate of drug-likeness (QED) is 0.440. The van der Waals surface area contributed by atoms with Gasteiger partial charge in [-0.3, -0.25) is 0 Å². The lowest BCUT2D eigenvalue weighted by Gasteiger charge is -2.70. The predicted molar refractivity (Wildman–Crippen MR) is 134 cm³/mol. The number of aliphatic hydroxyl groups excluding tert-OH is 1. The maximum Gasteiger partial charge on any atom is 0.0653 e. The van der Waals surface area contributed by atoms with Gasteiger partial charge in [0, 0.05) is 0 Å². The minimum atomic E-state index is -0.560. The van der Waals surface area contributed by atoms with Crippen LogP contribution >= 0.6 is 0 Å². The molecule has 0 spiro atoms. The molecule has 2 nitrogen and oxygen atoms in total. The van der Waals surface area contributed by atoms with Gasteiger partial charge in [-0.25, -0.2) is 0 Å². The van der Waals surface area contributed by atoms with Crippen LogP contribution in [0.25, 0.3) is 0 Å². The Morgan fingerprint density at radius 1 is 0.875 bits per heavy atom. The van der Waals surface area contributed by atoms with Crippen LogP contribution in [0.5, 0.6) is 0 Å². The third-order valence-electron chi connectivity index (χ3n) is 12.4. The van der Waals surface area contributed by atoms with Crippen molar-refractivity contribution in [2.45, 2.75) is 131 Å². The molecule has 0 radical (unpaired) electrons. The Labute approximate surface area is 198 Å². The standard InChI is InChI=1S/C30H52O2/c1-20(2)10-9-16-30(8,32)22-13-18-28(6)21(22)11-12-24-27(5)17-15-25(31)26(3,4)23(27)14-19-29(24,28)7/h10,21-25,31-32H,9,11-19H2,1-8H3/t21?,22?,23?,24?,25?,27-,28+,29+,30?/m0/s1. The minimum absolute atomic E-state index is 0.0267. The molecule has 4 fully saturated rings. The summed E-state index contributed by atoms with van der Waals surface area (Å²) in [6.45, 7) is 19.0. The highest BCUT2D eigenvalue weighted by atomic mass is 16.3. The zero-order valence-corrected chi connectivity index (χ0v) is 22.4. The van der Waals surface area contributed by atoms with Gasteiger partial charge in [0.15, 0.2) is 0 Å². The fourth-order valence-electron chi connectivity index (χ4n) is 10.3. The molecule has 9 atom stereocenters. The Morgan fingerprint density at radius 3 is 2.19 bits per heavy atom. The molecule has 0 aliphatic heterocycles. The van der Waals surface area contributed by atoms with E-state index in [1.807, 2.05) is 0 Å². The van der Waals surface area contributed by atoms with Crippen LogP contribution in [-0.4, -0.2) is 21.9 Å². The highest BCUT2D eigenvalue weighted by Crippen LogP contribution is 2.75. The van der Waals surface area contributed by atoms with E-state index in [1.165, 1.54) is 50.5 Å². The number of hydrogen-bond acceptors (Lipinski definition) is 2. The molecule has 6 unspecified atom stereocenters. The maximum absolute atomic E-state index is 11.6. The van der Waals surface area contributed by atoms with Crippen molar-refractivity contribution in [1.82, 2.24) is 0 Å². The highest BCUT2D eigenvalue weighted by Gasteiger charge is 2.69. The van der Waals surface area contributed by atoms with Crippen molar-refractivity contribution in [2.24, 2.45) is 45.3 Å². The molecule has 0 bridgehead atoms. The van der Waals surface area contributed by atoms with Crippen molar-refractivity contribution in [1.29, 1.82) is 0 Å². The van der Waals surface area contributed by atoms with Gasteiger partial charge >= 0.3 is 0 Å². The Morgan fingerprint density at radius 2 is 1.53 bits per heavy atom. The molecule has 4 rings (SSSR count). The summed E-state index contributed by atoms with van der Waals surface area (Å²) in [7, 11) is 0. The lowest BCUT2D eigenvalue weighted by molar-refractivity contribution is -0.225. The highest BCUT2D eigenvalue weighted by molar-refractivity contribution is 5.18. The van der Waals surface area contributed by atoms with Gasteiger partial charge in [0.2, 0.25) is 0 Å². The minimum Gasteiger partial charge on any atom is -0.393 e. The molecule has 0 heterocycles. The molecule has 4 saturated carbocycles. The number of rotatable bonds is 4. The zero-order chi connectivity index (χ0) is 23.7. The summed E-state index contributed by atoms with van der Waals surface area (Å²) in [6, 6.07) is 0. The number of aliphatic hydroxyl groups is 2. The number of allylic oxidation sites excluding steroid dienone is 2. The van der Waals surface area contributed by atoms with Crippen molar-refractivity contribution < 1.29 is 10.2 Å². The predicted octanol–water partition coefficient (Wildman–Crippen LogP) is 7.53. The molecule has 0 aromatic heterocycles. The molecule has 2 heteroatoms. The van der Waals surface area contributed by atoms with Crippen molar-refractivity contribution in [2.75, 3.05) is 0 Å². The summed E-state index contributed by atoms with van der Waals surface area (Å²) in [5.74, 6) is 2.45. The molecule has 4 aliphatic carbocycles. The number of hydrogen-bond donors (Lipinski definition) is 2. The van der Waals surface area contributed by atoms with Gasteiger partial charge in [0.25, 0.3) is 0 Å². The first-order chi connectivity index (χ1) is 14.7. The average Bonchev–Trinajstić information content (AvgIpc) is 3.04. The second-order valence-electron chi connectivity index (χ2n) is 14.4. The van der Waals surface area contributed by atoms with E-state index in [4.69, 9.17) is 0 Å². The van der Waals surface area contributed by atoms with Crippen LogP contribution in [0.1, 0.15) is 120 Å². The molecule has 2 N–H and O–H groups in total. The Kier molecular flexibility index (Phi) is 6.07. The second-order valence-corrected chi connectivity index (χ2v) is 14.4. The first kappa shape index (κ1) is 24.8. The summed E-state index contributed by atoms with van der Waals surface area (Å²) >= 11 is 0. The summed E-state index contributed by atoms with van der Waals surface area (Å²) in [4.78, 5) is 0. The molecule has 4 aliphatic rings. The van der Waals surface area contributed by atoms with Crippen LogP contribution in [0.2, 0.25) is 0 Å². The van der Waals surface area contributed by atoms with Gasteiger partial charge < -0.3 is 10.2 Å². The Hall–Kier alpha value is -0.340. The van der Waals surface area contributed by atoms with Crippen LogP contribution in [0.15, 0.2) is 11.6 Å².